The second kappa shape index (κ2) is 9.50. The number of carbonyl (C=O) groups excluding carboxylic acids is 1. The van der Waals surface area contributed by atoms with Crippen LogP contribution < -0.4 is 0 Å². The Hall–Kier alpha value is -2.33. The molecule has 0 radical (unpaired) electrons. The summed E-state index contributed by atoms with van der Waals surface area (Å²) in [5.74, 6) is 0.0869. The lowest BCUT2D eigenvalue weighted by atomic mass is 9.82. The fourth-order valence-electron chi connectivity index (χ4n) is 6.55. The minimum atomic E-state index is -0.613. The van der Waals surface area contributed by atoms with Gasteiger partial charge in [-0.3, -0.25) is 0 Å². The van der Waals surface area contributed by atoms with Crippen LogP contribution in [0.3, 0.4) is 0 Å². The highest BCUT2D eigenvalue weighted by molar-refractivity contribution is 5.79. The van der Waals surface area contributed by atoms with Gasteiger partial charge in [0.2, 0.25) is 0 Å². The lowest BCUT2D eigenvalue weighted by molar-refractivity contribution is -0.0548. The van der Waals surface area contributed by atoms with E-state index in [0.29, 0.717) is 19.4 Å². The molecule has 2 heterocycles. The predicted octanol–water partition coefficient (Wildman–Crippen LogP) is 6.65. The van der Waals surface area contributed by atoms with Gasteiger partial charge in [-0.1, -0.05) is 87.6 Å². The summed E-state index contributed by atoms with van der Waals surface area (Å²) >= 11 is 0. The number of amides is 1. The molecule has 2 aliphatic heterocycles. The zero-order valence-electron chi connectivity index (χ0n) is 19.8. The Morgan fingerprint density at radius 2 is 1.52 bits per heavy atom. The minimum Gasteiger partial charge on any atom is -0.448 e. The Balaban J connectivity index is 1.21. The van der Waals surface area contributed by atoms with E-state index >= 15 is 0 Å². The highest BCUT2D eigenvalue weighted by atomic mass is 16.6. The van der Waals surface area contributed by atoms with Crippen LogP contribution in [0, 0.1) is 0 Å². The summed E-state index contributed by atoms with van der Waals surface area (Å²) in [4.78, 5) is 15.2. The van der Waals surface area contributed by atoms with Crippen molar-refractivity contribution in [2.24, 2.45) is 0 Å². The molecule has 1 N–H and O–H groups in total. The number of ether oxygens (including phenoxy) is 1. The van der Waals surface area contributed by atoms with Gasteiger partial charge < -0.3 is 14.7 Å². The van der Waals surface area contributed by atoms with Gasteiger partial charge in [0.25, 0.3) is 0 Å². The average molecular weight is 448 g/mol. The first kappa shape index (κ1) is 22.5. The fourth-order valence-corrected chi connectivity index (χ4v) is 6.55. The van der Waals surface area contributed by atoms with Crippen molar-refractivity contribution in [1.82, 2.24) is 4.90 Å². The summed E-state index contributed by atoms with van der Waals surface area (Å²) < 4.78 is 5.96. The van der Waals surface area contributed by atoms with Crippen molar-refractivity contribution in [1.29, 1.82) is 0 Å². The molecule has 33 heavy (non-hydrogen) atoms. The summed E-state index contributed by atoms with van der Waals surface area (Å²) in [6.45, 7) is 2.59. The van der Waals surface area contributed by atoms with Crippen molar-refractivity contribution in [2.45, 2.75) is 94.7 Å². The molecule has 0 spiro atoms. The number of unbranched alkanes of at least 4 members (excludes halogenated alkanes) is 4. The summed E-state index contributed by atoms with van der Waals surface area (Å²) in [5, 5.41) is 11.3. The van der Waals surface area contributed by atoms with Crippen LogP contribution in [0.25, 0.3) is 11.1 Å². The molecule has 2 saturated heterocycles. The number of hydrogen-bond donors (Lipinski definition) is 1. The first-order valence-electron chi connectivity index (χ1n) is 13.0. The molecule has 0 aromatic heterocycles. The van der Waals surface area contributed by atoms with Crippen LogP contribution in [0.5, 0.6) is 0 Å². The molecular weight excluding hydrogens is 410 g/mol. The number of hydrogen-bond acceptors (Lipinski definition) is 3. The van der Waals surface area contributed by atoms with Crippen molar-refractivity contribution in [3.05, 3.63) is 59.7 Å². The van der Waals surface area contributed by atoms with Crippen molar-refractivity contribution in [3.8, 4) is 11.1 Å². The number of fused-ring (bicyclic) bond motifs is 5. The number of benzene rings is 2. The van der Waals surface area contributed by atoms with E-state index in [-0.39, 0.29) is 24.1 Å². The topological polar surface area (TPSA) is 49.8 Å². The molecule has 4 heteroatoms. The molecule has 2 fully saturated rings. The average Bonchev–Trinajstić information content (AvgIpc) is 3.30. The van der Waals surface area contributed by atoms with Gasteiger partial charge in [-0.25, -0.2) is 4.79 Å². The third-order valence-corrected chi connectivity index (χ3v) is 8.14. The molecule has 4 nitrogen and oxygen atoms in total. The minimum absolute atomic E-state index is 0.0869. The molecule has 0 saturated carbocycles. The molecule has 1 amide bonds. The van der Waals surface area contributed by atoms with E-state index < -0.39 is 5.60 Å². The van der Waals surface area contributed by atoms with Gasteiger partial charge in [0.1, 0.15) is 6.61 Å². The molecule has 176 valence electrons. The number of nitrogens with zero attached hydrogens (tertiary/aromatic N) is 1. The summed E-state index contributed by atoms with van der Waals surface area (Å²) in [6.07, 6.45) is 10.1. The van der Waals surface area contributed by atoms with E-state index in [9.17, 15) is 9.90 Å². The molecular formula is C29H37NO3. The standard InChI is InChI=1S/C29H37NO3/c1-2-3-4-5-10-17-29(32)18-21-15-16-22(19-29)30(21)28(31)33-20-27-25-13-8-6-11-23(25)24-12-7-9-14-26(24)27/h6-9,11-14,21-22,27,32H,2-5,10,15-20H2,1H3. The summed E-state index contributed by atoms with van der Waals surface area (Å²) in [5.41, 5.74) is 4.36. The Kier molecular flexibility index (Phi) is 6.47. The van der Waals surface area contributed by atoms with Gasteiger partial charge >= 0.3 is 6.09 Å². The molecule has 2 bridgehead atoms. The molecule has 3 aliphatic rings. The SMILES string of the molecule is CCCCCCCC1(O)CC2CCC(C1)N2C(=O)OCC1c2ccccc2-c2ccccc21. The maximum atomic E-state index is 13.2. The van der Waals surface area contributed by atoms with E-state index in [2.05, 4.69) is 55.5 Å². The molecule has 2 aromatic carbocycles. The van der Waals surface area contributed by atoms with E-state index in [1.54, 1.807) is 0 Å². The molecule has 1 aliphatic carbocycles. The highest BCUT2D eigenvalue weighted by Gasteiger charge is 2.49. The number of carbonyl (C=O) groups is 1. The monoisotopic (exact) mass is 447 g/mol. The third-order valence-electron chi connectivity index (χ3n) is 8.14. The van der Waals surface area contributed by atoms with Crippen LogP contribution in [0.4, 0.5) is 4.79 Å². The van der Waals surface area contributed by atoms with Crippen LogP contribution >= 0.6 is 0 Å². The molecule has 5 rings (SSSR count). The van der Waals surface area contributed by atoms with Gasteiger partial charge in [-0.2, -0.15) is 0 Å². The van der Waals surface area contributed by atoms with E-state index in [1.165, 1.54) is 47.9 Å². The predicted molar refractivity (Wildman–Crippen MR) is 131 cm³/mol. The second-order valence-corrected chi connectivity index (χ2v) is 10.4. The molecule has 2 aromatic rings. The van der Waals surface area contributed by atoms with E-state index in [1.807, 2.05) is 4.90 Å². The third kappa shape index (κ3) is 4.42. The van der Waals surface area contributed by atoms with Crippen molar-refractivity contribution < 1.29 is 14.6 Å². The van der Waals surface area contributed by atoms with E-state index in [0.717, 1.165) is 25.7 Å². The van der Waals surface area contributed by atoms with Gasteiger partial charge in [0, 0.05) is 18.0 Å². The van der Waals surface area contributed by atoms with Gasteiger partial charge in [0.05, 0.1) is 5.60 Å². The van der Waals surface area contributed by atoms with Crippen molar-refractivity contribution >= 4 is 6.09 Å². The zero-order chi connectivity index (χ0) is 22.8. The normalized spacial score (nSPS) is 25.7. The number of rotatable bonds is 8. The maximum absolute atomic E-state index is 13.2. The van der Waals surface area contributed by atoms with E-state index in [4.69, 9.17) is 4.74 Å². The number of piperidine rings is 1. The van der Waals surface area contributed by atoms with Gasteiger partial charge in [-0.05, 0) is 54.4 Å². The lowest BCUT2D eigenvalue weighted by Gasteiger charge is -2.43. The largest absolute Gasteiger partial charge is 0.448 e. The summed E-state index contributed by atoms with van der Waals surface area (Å²) in [6, 6.07) is 17.1. The maximum Gasteiger partial charge on any atom is 0.410 e. The molecule has 2 atom stereocenters. The first-order chi connectivity index (χ1) is 16.1. The molecule has 2 unspecified atom stereocenters. The van der Waals surface area contributed by atoms with Crippen LogP contribution in [0.1, 0.15) is 88.2 Å². The highest BCUT2D eigenvalue weighted by Crippen LogP contribution is 2.46. The van der Waals surface area contributed by atoms with Crippen molar-refractivity contribution in [3.63, 3.8) is 0 Å². The fraction of sp³-hybridized carbons (Fsp3) is 0.552. The van der Waals surface area contributed by atoms with Crippen LogP contribution in [-0.4, -0.2) is 40.4 Å². The second-order valence-electron chi connectivity index (χ2n) is 10.4. The van der Waals surface area contributed by atoms with Crippen molar-refractivity contribution in [2.75, 3.05) is 6.61 Å². The Morgan fingerprint density at radius 1 is 0.939 bits per heavy atom. The lowest BCUT2D eigenvalue weighted by Crippen LogP contribution is -2.53. The Labute approximate surface area is 198 Å². The quantitative estimate of drug-likeness (QED) is 0.461. The first-order valence-corrected chi connectivity index (χ1v) is 13.0. The Bertz CT molecular complexity index is 927. The zero-order valence-corrected chi connectivity index (χ0v) is 19.8. The van der Waals surface area contributed by atoms with Gasteiger partial charge in [-0.15, -0.1) is 0 Å². The summed E-state index contributed by atoms with van der Waals surface area (Å²) in [7, 11) is 0. The smallest absolute Gasteiger partial charge is 0.410 e. The van der Waals surface area contributed by atoms with Crippen LogP contribution in [-0.2, 0) is 4.74 Å². The van der Waals surface area contributed by atoms with Gasteiger partial charge in [0.15, 0.2) is 0 Å². The number of aliphatic hydroxyl groups is 1. The van der Waals surface area contributed by atoms with Crippen LogP contribution in [0.15, 0.2) is 48.5 Å². The van der Waals surface area contributed by atoms with Crippen LogP contribution in [0.2, 0.25) is 0 Å². The Morgan fingerprint density at radius 3 is 2.12 bits per heavy atom.